The molecule has 1 aromatic rings. The van der Waals surface area contributed by atoms with E-state index in [2.05, 4.69) is 43.2 Å². The van der Waals surface area contributed by atoms with E-state index >= 15 is 0 Å². The minimum absolute atomic E-state index is 0.410. The zero-order valence-corrected chi connectivity index (χ0v) is 12.3. The van der Waals surface area contributed by atoms with Crippen LogP contribution in [-0.4, -0.2) is 42.7 Å². The summed E-state index contributed by atoms with van der Waals surface area (Å²) in [5, 5.41) is 13.7. The lowest BCUT2D eigenvalue weighted by atomic mass is 9.94. The van der Waals surface area contributed by atoms with Crippen LogP contribution in [0.5, 0.6) is 0 Å². The molecule has 2 rings (SSSR count). The predicted molar refractivity (Wildman–Crippen MR) is 79.2 cm³/mol. The Hall–Kier alpha value is -0.900. The van der Waals surface area contributed by atoms with Crippen LogP contribution in [0.4, 0.5) is 0 Å². The van der Waals surface area contributed by atoms with E-state index in [-0.39, 0.29) is 0 Å². The molecule has 1 fully saturated rings. The first-order valence-corrected chi connectivity index (χ1v) is 7.23. The third-order valence-electron chi connectivity index (χ3n) is 4.14. The second-order valence-electron chi connectivity index (χ2n) is 5.97. The van der Waals surface area contributed by atoms with Crippen molar-refractivity contribution < 1.29 is 5.11 Å². The molecule has 0 saturated carbocycles. The average Bonchev–Trinajstić information content (AvgIpc) is 2.38. The third-order valence-corrected chi connectivity index (χ3v) is 4.14. The Morgan fingerprint density at radius 3 is 2.68 bits per heavy atom. The van der Waals surface area contributed by atoms with Crippen LogP contribution in [0.1, 0.15) is 30.6 Å². The van der Waals surface area contributed by atoms with Crippen molar-refractivity contribution in [3.63, 3.8) is 0 Å². The molecular formula is C16H26N2O. The fourth-order valence-electron chi connectivity index (χ4n) is 2.83. The number of hydrogen-bond donors (Lipinski definition) is 2. The van der Waals surface area contributed by atoms with E-state index in [0.717, 1.165) is 25.1 Å². The normalized spacial score (nSPS) is 26.3. The third kappa shape index (κ3) is 4.03. The Labute approximate surface area is 116 Å². The van der Waals surface area contributed by atoms with Gasteiger partial charge in [-0.15, -0.1) is 0 Å². The molecular weight excluding hydrogens is 236 g/mol. The van der Waals surface area contributed by atoms with Gasteiger partial charge in [-0.2, -0.15) is 0 Å². The first kappa shape index (κ1) is 14.5. The number of piperidine rings is 1. The zero-order chi connectivity index (χ0) is 13.8. The Morgan fingerprint density at radius 2 is 2.05 bits per heavy atom. The van der Waals surface area contributed by atoms with Crippen LogP contribution in [0.15, 0.2) is 24.3 Å². The Balaban J connectivity index is 1.83. The van der Waals surface area contributed by atoms with Gasteiger partial charge < -0.3 is 15.3 Å². The van der Waals surface area contributed by atoms with Crippen molar-refractivity contribution in [1.29, 1.82) is 0 Å². The Bertz CT molecular complexity index is 390. The molecule has 0 spiro atoms. The van der Waals surface area contributed by atoms with E-state index in [1.165, 1.54) is 5.56 Å². The maximum absolute atomic E-state index is 10.2. The zero-order valence-electron chi connectivity index (χ0n) is 12.3. The van der Waals surface area contributed by atoms with E-state index in [4.69, 9.17) is 0 Å². The van der Waals surface area contributed by atoms with Gasteiger partial charge in [0.05, 0.1) is 6.10 Å². The van der Waals surface area contributed by atoms with Crippen LogP contribution in [0, 0.1) is 12.8 Å². The van der Waals surface area contributed by atoms with Crippen LogP contribution in [0.25, 0.3) is 0 Å². The predicted octanol–water partition coefficient (Wildman–Crippen LogP) is 1.96. The number of benzene rings is 1. The molecule has 0 amide bonds. The molecule has 1 saturated heterocycles. The summed E-state index contributed by atoms with van der Waals surface area (Å²) in [6.07, 6.45) is 0.755. The van der Waals surface area contributed by atoms with Crippen LogP contribution in [0.3, 0.4) is 0 Å². The summed E-state index contributed by atoms with van der Waals surface area (Å²) >= 11 is 0. The fourth-order valence-corrected chi connectivity index (χ4v) is 2.83. The number of hydrogen-bond acceptors (Lipinski definition) is 3. The highest BCUT2D eigenvalue weighted by molar-refractivity contribution is 5.23. The smallest absolute Gasteiger partial charge is 0.0914 e. The molecule has 3 heteroatoms. The lowest BCUT2D eigenvalue weighted by Gasteiger charge is -2.35. The number of aliphatic hydroxyl groups excluding tert-OH is 1. The van der Waals surface area contributed by atoms with E-state index in [1.54, 1.807) is 0 Å². The van der Waals surface area contributed by atoms with Gasteiger partial charge in [-0.25, -0.2) is 0 Å². The summed E-state index contributed by atoms with van der Waals surface area (Å²) in [6, 6.07) is 8.66. The molecule has 106 valence electrons. The summed E-state index contributed by atoms with van der Waals surface area (Å²) in [5.41, 5.74) is 2.23. The second kappa shape index (κ2) is 6.51. The van der Waals surface area contributed by atoms with Gasteiger partial charge in [0.2, 0.25) is 0 Å². The highest BCUT2D eigenvalue weighted by Gasteiger charge is 2.24. The second-order valence-corrected chi connectivity index (χ2v) is 5.97. The van der Waals surface area contributed by atoms with Crippen molar-refractivity contribution >= 4 is 0 Å². The van der Waals surface area contributed by atoms with Gasteiger partial charge in [-0.05, 0) is 38.4 Å². The van der Waals surface area contributed by atoms with E-state index in [0.29, 0.717) is 18.5 Å². The van der Waals surface area contributed by atoms with Crippen LogP contribution in [0.2, 0.25) is 0 Å². The van der Waals surface area contributed by atoms with Crippen LogP contribution in [-0.2, 0) is 0 Å². The molecule has 0 bridgehead atoms. The molecule has 0 aromatic heterocycles. The molecule has 3 nitrogen and oxygen atoms in total. The first-order valence-electron chi connectivity index (χ1n) is 7.23. The molecule has 1 aliphatic rings. The molecule has 1 aliphatic heterocycles. The molecule has 1 heterocycles. The maximum atomic E-state index is 10.2. The minimum Gasteiger partial charge on any atom is -0.387 e. The highest BCUT2D eigenvalue weighted by atomic mass is 16.3. The summed E-state index contributed by atoms with van der Waals surface area (Å²) < 4.78 is 0. The number of nitrogens with zero attached hydrogens (tertiary/aromatic N) is 1. The number of aliphatic hydroxyl groups is 1. The van der Waals surface area contributed by atoms with Gasteiger partial charge in [-0.3, -0.25) is 0 Å². The molecule has 1 aromatic carbocycles. The largest absolute Gasteiger partial charge is 0.387 e. The number of likely N-dealkylation sites (tertiary alicyclic amines) is 1. The summed E-state index contributed by atoms with van der Waals surface area (Å²) in [7, 11) is 2.17. The van der Waals surface area contributed by atoms with E-state index < -0.39 is 6.10 Å². The van der Waals surface area contributed by atoms with Crippen molar-refractivity contribution in [2.24, 2.45) is 5.92 Å². The minimum atomic E-state index is -0.410. The van der Waals surface area contributed by atoms with Crippen LogP contribution >= 0.6 is 0 Å². The van der Waals surface area contributed by atoms with E-state index in [1.807, 2.05) is 12.1 Å². The first-order chi connectivity index (χ1) is 9.06. The summed E-state index contributed by atoms with van der Waals surface area (Å²) in [4.78, 5) is 2.37. The average molecular weight is 262 g/mol. The lowest BCUT2D eigenvalue weighted by molar-refractivity contribution is 0.137. The molecule has 0 aliphatic carbocycles. The van der Waals surface area contributed by atoms with Gasteiger partial charge in [0, 0.05) is 19.1 Å². The number of nitrogens with one attached hydrogen (secondary N) is 1. The monoisotopic (exact) mass is 262 g/mol. The number of rotatable bonds is 4. The van der Waals surface area contributed by atoms with Crippen molar-refractivity contribution in [2.75, 3.05) is 26.7 Å². The maximum Gasteiger partial charge on any atom is 0.0914 e. The van der Waals surface area contributed by atoms with Gasteiger partial charge >= 0.3 is 0 Å². The SMILES string of the molecule is Cc1ccc(C(O)CNC2CCN(C)CC2C)cc1. The van der Waals surface area contributed by atoms with Crippen molar-refractivity contribution in [3.8, 4) is 0 Å². The lowest BCUT2D eigenvalue weighted by Crippen LogP contribution is -2.47. The summed E-state index contributed by atoms with van der Waals surface area (Å²) in [5.74, 6) is 0.643. The standard InChI is InChI=1S/C16H26N2O/c1-12-4-6-14(7-5-12)16(19)10-17-15-8-9-18(3)11-13(15)2/h4-7,13,15-17,19H,8-11H2,1-3H3. The highest BCUT2D eigenvalue weighted by Crippen LogP contribution is 2.17. The Morgan fingerprint density at radius 1 is 1.37 bits per heavy atom. The molecule has 3 atom stereocenters. The fraction of sp³-hybridized carbons (Fsp3) is 0.625. The van der Waals surface area contributed by atoms with Gasteiger partial charge in [-0.1, -0.05) is 36.8 Å². The van der Waals surface area contributed by atoms with Crippen molar-refractivity contribution in [2.45, 2.75) is 32.4 Å². The van der Waals surface area contributed by atoms with Crippen molar-refractivity contribution in [3.05, 3.63) is 35.4 Å². The van der Waals surface area contributed by atoms with Gasteiger partial charge in [0.25, 0.3) is 0 Å². The van der Waals surface area contributed by atoms with Crippen molar-refractivity contribution in [1.82, 2.24) is 10.2 Å². The van der Waals surface area contributed by atoms with Crippen LogP contribution < -0.4 is 5.32 Å². The topological polar surface area (TPSA) is 35.5 Å². The molecule has 2 N–H and O–H groups in total. The summed E-state index contributed by atoms with van der Waals surface area (Å²) in [6.45, 7) is 7.27. The van der Waals surface area contributed by atoms with E-state index in [9.17, 15) is 5.11 Å². The van der Waals surface area contributed by atoms with Gasteiger partial charge in [0.15, 0.2) is 0 Å². The van der Waals surface area contributed by atoms with Gasteiger partial charge in [0.1, 0.15) is 0 Å². The molecule has 0 radical (unpaired) electrons. The molecule has 3 unspecified atom stereocenters. The molecule has 19 heavy (non-hydrogen) atoms. The Kier molecular flexibility index (Phi) is 4.97. The number of aryl methyl sites for hydroxylation is 1. The quantitative estimate of drug-likeness (QED) is 0.870.